The van der Waals surface area contributed by atoms with Gasteiger partial charge in [0, 0.05) is 25.2 Å². The van der Waals surface area contributed by atoms with Gasteiger partial charge in [0.2, 0.25) is 5.91 Å². The number of amides is 1. The summed E-state index contributed by atoms with van der Waals surface area (Å²) in [6.45, 7) is 5.89. The molecule has 1 saturated heterocycles. The van der Waals surface area contributed by atoms with Crippen molar-refractivity contribution in [1.29, 1.82) is 0 Å². The maximum atomic E-state index is 12.8. The van der Waals surface area contributed by atoms with E-state index >= 15 is 0 Å². The standard InChI is InChI=1S/C20H25N3O/c1-3-15-7-8-17-18(21-14-23(17)11-15)16-12-22(13-16)19(24)20(2)9-5-4-6-10-20/h4-5,7-8,11,14,16H,3,6,9-10,12-13H2,1-2H3. The van der Waals surface area contributed by atoms with Crippen molar-refractivity contribution in [3.8, 4) is 0 Å². The van der Waals surface area contributed by atoms with E-state index in [9.17, 15) is 4.79 Å². The Morgan fingerprint density at radius 2 is 2.17 bits per heavy atom. The van der Waals surface area contributed by atoms with Crippen LogP contribution in [0.5, 0.6) is 0 Å². The van der Waals surface area contributed by atoms with Gasteiger partial charge in [-0.05, 0) is 37.3 Å². The quantitative estimate of drug-likeness (QED) is 0.810. The number of hydrogen-bond donors (Lipinski definition) is 0. The van der Waals surface area contributed by atoms with Crippen LogP contribution in [0, 0.1) is 5.41 Å². The van der Waals surface area contributed by atoms with Crippen LogP contribution in [0.15, 0.2) is 36.8 Å². The van der Waals surface area contributed by atoms with Crippen molar-refractivity contribution in [3.05, 3.63) is 48.1 Å². The summed E-state index contributed by atoms with van der Waals surface area (Å²) in [5.74, 6) is 0.689. The lowest BCUT2D eigenvalue weighted by atomic mass is 9.76. The van der Waals surface area contributed by atoms with Crippen molar-refractivity contribution >= 4 is 11.4 Å². The lowest BCUT2D eigenvalue weighted by Gasteiger charge is -2.44. The summed E-state index contributed by atoms with van der Waals surface area (Å²) in [5, 5.41) is 0. The maximum Gasteiger partial charge on any atom is 0.228 e. The second kappa shape index (κ2) is 5.76. The van der Waals surface area contributed by atoms with Gasteiger partial charge in [0.1, 0.15) is 0 Å². The molecule has 0 saturated carbocycles. The molecule has 2 aromatic heterocycles. The highest BCUT2D eigenvalue weighted by Crippen LogP contribution is 2.38. The van der Waals surface area contributed by atoms with Crippen LogP contribution in [-0.2, 0) is 11.2 Å². The molecule has 1 amide bonds. The van der Waals surface area contributed by atoms with Gasteiger partial charge in [0.15, 0.2) is 0 Å². The maximum absolute atomic E-state index is 12.8. The lowest BCUT2D eigenvalue weighted by Crippen LogP contribution is -2.53. The zero-order chi connectivity index (χ0) is 16.7. The van der Waals surface area contributed by atoms with Gasteiger partial charge < -0.3 is 9.30 Å². The van der Waals surface area contributed by atoms with Gasteiger partial charge in [-0.15, -0.1) is 0 Å². The number of likely N-dealkylation sites (tertiary alicyclic amines) is 1. The monoisotopic (exact) mass is 323 g/mol. The average Bonchev–Trinajstić information content (AvgIpc) is 2.97. The Balaban J connectivity index is 1.48. The molecule has 0 aromatic carbocycles. The van der Waals surface area contributed by atoms with Crippen LogP contribution in [0.25, 0.3) is 5.52 Å². The zero-order valence-corrected chi connectivity index (χ0v) is 14.5. The molecule has 126 valence electrons. The second-order valence-electron chi connectivity index (χ2n) is 7.50. The van der Waals surface area contributed by atoms with Crippen molar-refractivity contribution < 1.29 is 4.79 Å². The van der Waals surface area contributed by atoms with Crippen LogP contribution in [0.4, 0.5) is 0 Å². The van der Waals surface area contributed by atoms with Gasteiger partial charge in [0.25, 0.3) is 0 Å². The molecule has 0 N–H and O–H groups in total. The first kappa shape index (κ1) is 15.4. The number of rotatable bonds is 3. The Hall–Kier alpha value is -2.10. The summed E-state index contributed by atoms with van der Waals surface area (Å²) < 4.78 is 2.12. The van der Waals surface area contributed by atoms with E-state index in [1.54, 1.807) is 0 Å². The molecule has 4 nitrogen and oxygen atoms in total. The van der Waals surface area contributed by atoms with Gasteiger partial charge in [-0.2, -0.15) is 0 Å². The number of carbonyl (C=O) groups excluding carboxylic acids is 1. The van der Waals surface area contributed by atoms with E-state index in [-0.39, 0.29) is 5.41 Å². The fraction of sp³-hybridized carbons (Fsp3) is 0.500. The molecule has 3 heterocycles. The normalized spacial score (nSPS) is 24.3. The fourth-order valence-corrected chi connectivity index (χ4v) is 3.95. The molecular formula is C20H25N3O. The molecule has 4 heteroatoms. The van der Waals surface area contributed by atoms with Crippen LogP contribution in [0.3, 0.4) is 0 Å². The van der Waals surface area contributed by atoms with Crippen molar-refractivity contribution in [2.24, 2.45) is 5.41 Å². The Morgan fingerprint density at radius 3 is 2.88 bits per heavy atom. The summed E-state index contributed by atoms with van der Waals surface area (Å²) in [7, 11) is 0. The van der Waals surface area contributed by atoms with Gasteiger partial charge >= 0.3 is 0 Å². The van der Waals surface area contributed by atoms with Crippen LogP contribution in [0.1, 0.15) is 50.3 Å². The van der Waals surface area contributed by atoms with E-state index < -0.39 is 0 Å². The SMILES string of the molecule is CCc1ccc2c(C3CN(C(=O)C4(C)CC=CCC4)C3)ncn2c1. The molecule has 1 atom stereocenters. The minimum absolute atomic E-state index is 0.202. The highest BCUT2D eigenvalue weighted by atomic mass is 16.2. The van der Waals surface area contributed by atoms with E-state index in [0.29, 0.717) is 11.8 Å². The lowest BCUT2D eigenvalue weighted by molar-refractivity contribution is -0.146. The highest BCUT2D eigenvalue weighted by Gasteiger charge is 2.42. The van der Waals surface area contributed by atoms with E-state index in [1.165, 1.54) is 11.1 Å². The molecule has 1 unspecified atom stereocenters. The van der Waals surface area contributed by atoms with Gasteiger partial charge in [-0.3, -0.25) is 4.79 Å². The number of imidazole rings is 1. The summed E-state index contributed by atoms with van der Waals surface area (Å²) in [4.78, 5) is 19.5. The molecule has 4 rings (SSSR count). The van der Waals surface area contributed by atoms with Gasteiger partial charge in [-0.25, -0.2) is 4.98 Å². The zero-order valence-electron chi connectivity index (χ0n) is 14.5. The third kappa shape index (κ3) is 2.45. The largest absolute Gasteiger partial charge is 0.341 e. The van der Waals surface area contributed by atoms with E-state index in [4.69, 9.17) is 0 Å². The Bertz CT molecular complexity index is 800. The number of nitrogens with zero attached hydrogens (tertiary/aromatic N) is 3. The number of aromatic nitrogens is 2. The van der Waals surface area contributed by atoms with Gasteiger partial charge in [0.05, 0.1) is 23.0 Å². The highest BCUT2D eigenvalue weighted by molar-refractivity contribution is 5.84. The predicted molar refractivity (Wildman–Crippen MR) is 95.0 cm³/mol. The number of fused-ring (bicyclic) bond motifs is 1. The van der Waals surface area contributed by atoms with Crippen molar-refractivity contribution in [1.82, 2.24) is 14.3 Å². The second-order valence-corrected chi connectivity index (χ2v) is 7.50. The predicted octanol–water partition coefficient (Wildman–Crippen LogP) is 3.57. The summed E-state index contributed by atoms with van der Waals surface area (Å²) in [6, 6.07) is 4.34. The van der Waals surface area contributed by atoms with E-state index in [1.807, 2.05) is 11.2 Å². The molecule has 0 radical (unpaired) electrons. The van der Waals surface area contributed by atoms with Crippen molar-refractivity contribution in [3.63, 3.8) is 0 Å². The van der Waals surface area contributed by atoms with Crippen LogP contribution < -0.4 is 0 Å². The molecule has 1 aliphatic carbocycles. The summed E-state index contributed by atoms with van der Waals surface area (Å²) in [5.41, 5.74) is 3.42. The molecule has 2 aromatic rings. The van der Waals surface area contributed by atoms with Crippen molar-refractivity contribution in [2.45, 2.75) is 45.4 Å². The average molecular weight is 323 g/mol. The Labute approximate surface area is 143 Å². The van der Waals surface area contributed by atoms with Crippen LogP contribution in [-0.4, -0.2) is 33.3 Å². The molecule has 0 bridgehead atoms. The topological polar surface area (TPSA) is 37.6 Å². The number of aryl methyl sites for hydroxylation is 1. The van der Waals surface area contributed by atoms with E-state index in [0.717, 1.165) is 44.5 Å². The Kier molecular flexibility index (Phi) is 3.70. The van der Waals surface area contributed by atoms with Gasteiger partial charge in [-0.1, -0.05) is 32.1 Å². The number of allylic oxidation sites excluding steroid dienone is 2. The molecular weight excluding hydrogens is 298 g/mol. The first-order valence-corrected chi connectivity index (χ1v) is 9.00. The smallest absolute Gasteiger partial charge is 0.228 e. The van der Waals surface area contributed by atoms with Crippen LogP contribution in [0.2, 0.25) is 0 Å². The third-order valence-corrected chi connectivity index (χ3v) is 5.70. The fourth-order valence-electron chi connectivity index (χ4n) is 3.95. The Morgan fingerprint density at radius 1 is 1.33 bits per heavy atom. The minimum atomic E-state index is -0.202. The molecule has 1 fully saturated rings. The van der Waals surface area contributed by atoms with Crippen molar-refractivity contribution in [2.75, 3.05) is 13.1 Å². The number of pyridine rings is 1. The number of hydrogen-bond acceptors (Lipinski definition) is 2. The van der Waals surface area contributed by atoms with E-state index in [2.05, 4.69) is 53.7 Å². The summed E-state index contributed by atoms with van der Waals surface area (Å²) in [6.07, 6.45) is 12.3. The van der Waals surface area contributed by atoms with Crippen LogP contribution >= 0.6 is 0 Å². The third-order valence-electron chi connectivity index (χ3n) is 5.70. The first-order valence-electron chi connectivity index (χ1n) is 9.00. The molecule has 0 spiro atoms. The molecule has 24 heavy (non-hydrogen) atoms. The summed E-state index contributed by atoms with van der Waals surface area (Å²) >= 11 is 0. The number of carbonyl (C=O) groups is 1. The minimum Gasteiger partial charge on any atom is -0.341 e. The first-order chi connectivity index (χ1) is 11.6. The molecule has 2 aliphatic rings. The molecule has 1 aliphatic heterocycles.